The van der Waals surface area contributed by atoms with Crippen LogP contribution in [0.3, 0.4) is 0 Å². The van der Waals surface area contributed by atoms with E-state index in [1.165, 1.54) is 6.20 Å². The quantitative estimate of drug-likeness (QED) is 0.568. The molecule has 0 atom stereocenters. The van der Waals surface area contributed by atoms with Gasteiger partial charge in [-0.1, -0.05) is 0 Å². The smallest absolute Gasteiger partial charge is 0.141 e. The molecule has 10 heavy (non-hydrogen) atoms. The lowest BCUT2D eigenvalue weighted by Crippen LogP contribution is -2.19. The molecule has 1 heterocycles. The molecule has 0 bridgehead atoms. The third-order valence-electron chi connectivity index (χ3n) is 0.946. The van der Waals surface area contributed by atoms with Gasteiger partial charge in [0.15, 0.2) is 0 Å². The molecule has 1 aliphatic rings. The molecule has 0 fully saturated rings. The average molecular weight is 139 g/mol. The van der Waals surface area contributed by atoms with Crippen LogP contribution in [0.4, 0.5) is 0 Å². The van der Waals surface area contributed by atoms with Gasteiger partial charge in [-0.05, 0) is 6.92 Å². The van der Waals surface area contributed by atoms with Gasteiger partial charge in [0.1, 0.15) is 13.1 Å². The first kappa shape index (κ1) is 6.99. The number of hydrazone groups is 1. The van der Waals surface area contributed by atoms with Crippen LogP contribution in [0.5, 0.6) is 0 Å². The second-order valence-corrected chi connectivity index (χ2v) is 1.68. The van der Waals surface area contributed by atoms with Gasteiger partial charge in [-0.2, -0.15) is 0 Å². The van der Waals surface area contributed by atoms with Crippen LogP contribution in [0.2, 0.25) is 0 Å². The van der Waals surface area contributed by atoms with Crippen LogP contribution in [-0.4, -0.2) is 30.6 Å². The second-order valence-electron chi connectivity index (χ2n) is 1.68. The molecule has 0 aromatic carbocycles. The van der Waals surface area contributed by atoms with Crippen molar-refractivity contribution < 1.29 is 4.74 Å². The van der Waals surface area contributed by atoms with Crippen LogP contribution in [0.1, 0.15) is 6.92 Å². The summed E-state index contributed by atoms with van der Waals surface area (Å²) in [4.78, 5) is 3.80. The number of nitrogens with zero attached hydrogens (tertiary/aromatic N) is 3. The van der Waals surface area contributed by atoms with E-state index in [9.17, 15) is 0 Å². The lowest BCUT2D eigenvalue weighted by molar-refractivity contribution is 0.0781. The van der Waals surface area contributed by atoms with Crippen molar-refractivity contribution >= 4 is 12.2 Å². The predicted molar refractivity (Wildman–Crippen MR) is 38.8 cm³/mol. The maximum absolute atomic E-state index is 5.06. The fourth-order valence-corrected chi connectivity index (χ4v) is 0.516. The van der Waals surface area contributed by atoms with Crippen molar-refractivity contribution in [2.75, 3.05) is 13.3 Å². The Morgan fingerprint density at radius 2 is 2.60 bits per heavy atom. The van der Waals surface area contributed by atoms with Crippen LogP contribution in [-0.2, 0) is 4.74 Å². The first-order valence-electron chi connectivity index (χ1n) is 3.09. The van der Waals surface area contributed by atoms with E-state index in [0.717, 1.165) is 0 Å². The van der Waals surface area contributed by atoms with Crippen molar-refractivity contribution in [1.82, 2.24) is 5.01 Å². The summed E-state index contributed by atoms with van der Waals surface area (Å²) in [5.41, 5.74) is 0. The van der Waals surface area contributed by atoms with Crippen LogP contribution in [0, 0.1) is 0 Å². The molecule has 0 spiro atoms. The van der Waals surface area contributed by atoms with Crippen molar-refractivity contribution in [1.29, 1.82) is 0 Å². The SMILES string of the molecule is CCOCN1C=NC=C=N1. The van der Waals surface area contributed by atoms with Gasteiger partial charge >= 0.3 is 0 Å². The topological polar surface area (TPSA) is 37.2 Å². The van der Waals surface area contributed by atoms with Crippen LogP contribution in [0.25, 0.3) is 0 Å². The highest BCUT2D eigenvalue weighted by molar-refractivity contribution is 5.64. The summed E-state index contributed by atoms with van der Waals surface area (Å²) >= 11 is 0. The highest BCUT2D eigenvalue weighted by Crippen LogP contribution is 1.88. The number of aliphatic imine (C=N–C) groups is 1. The number of hydrogen-bond acceptors (Lipinski definition) is 4. The van der Waals surface area contributed by atoms with Crippen molar-refractivity contribution in [3.63, 3.8) is 0 Å². The fraction of sp³-hybridized carbons (Fsp3) is 0.500. The number of rotatable bonds is 3. The van der Waals surface area contributed by atoms with Crippen LogP contribution < -0.4 is 0 Å². The Hall–Kier alpha value is -1.12. The zero-order chi connectivity index (χ0) is 7.23. The summed E-state index contributed by atoms with van der Waals surface area (Å²) < 4.78 is 5.06. The van der Waals surface area contributed by atoms with Gasteiger partial charge in [0.2, 0.25) is 0 Å². The first-order valence-corrected chi connectivity index (χ1v) is 3.09. The maximum Gasteiger partial charge on any atom is 0.141 e. The van der Waals surface area contributed by atoms with E-state index in [4.69, 9.17) is 4.74 Å². The second kappa shape index (κ2) is 3.82. The summed E-state index contributed by atoms with van der Waals surface area (Å²) in [6.45, 7) is 3.06. The van der Waals surface area contributed by atoms with Gasteiger partial charge in [0.05, 0.1) is 6.20 Å². The highest BCUT2D eigenvalue weighted by atomic mass is 16.5. The summed E-state index contributed by atoms with van der Waals surface area (Å²) in [6, 6.07) is 0. The van der Waals surface area contributed by atoms with E-state index in [1.54, 1.807) is 11.3 Å². The summed E-state index contributed by atoms with van der Waals surface area (Å²) in [5.74, 6) is 2.59. The summed E-state index contributed by atoms with van der Waals surface area (Å²) in [5, 5.41) is 5.39. The van der Waals surface area contributed by atoms with Crippen molar-refractivity contribution in [3.8, 4) is 0 Å². The zero-order valence-electron chi connectivity index (χ0n) is 5.82. The van der Waals surface area contributed by atoms with Gasteiger partial charge < -0.3 is 4.74 Å². The first-order chi connectivity index (χ1) is 4.93. The van der Waals surface area contributed by atoms with E-state index in [-0.39, 0.29) is 0 Å². The van der Waals surface area contributed by atoms with Gasteiger partial charge in [-0.3, -0.25) is 0 Å². The largest absolute Gasteiger partial charge is 0.359 e. The minimum absolute atomic E-state index is 0.445. The fourth-order valence-electron chi connectivity index (χ4n) is 0.516. The molecule has 1 aliphatic heterocycles. The van der Waals surface area contributed by atoms with E-state index in [0.29, 0.717) is 13.3 Å². The molecule has 0 aromatic heterocycles. The molecule has 0 saturated carbocycles. The molecule has 0 saturated heterocycles. The molecule has 0 radical (unpaired) electrons. The molecule has 54 valence electrons. The molecule has 0 N–H and O–H groups in total. The Balaban J connectivity index is 2.29. The third kappa shape index (κ3) is 2.01. The lowest BCUT2D eigenvalue weighted by Gasteiger charge is -2.11. The Morgan fingerprint density at radius 1 is 1.70 bits per heavy atom. The molecular weight excluding hydrogens is 130 g/mol. The normalized spacial score (nSPS) is 14.7. The monoisotopic (exact) mass is 139 g/mol. The standard InChI is InChI=1S/C6H9N3O/c1-2-10-6-9-5-7-3-4-8-9/h3,5H,2,6H2,1H3. The summed E-state index contributed by atoms with van der Waals surface area (Å²) in [7, 11) is 0. The maximum atomic E-state index is 5.06. The van der Waals surface area contributed by atoms with Gasteiger partial charge in [0.25, 0.3) is 0 Å². The van der Waals surface area contributed by atoms with Crippen molar-refractivity contribution in [2.45, 2.75) is 6.92 Å². The van der Waals surface area contributed by atoms with E-state index >= 15 is 0 Å². The molecule has 1 rings (SSSR count). The average Bonchev–Trinajstić information content (AvgIpc) is 2.03. The van der Waals surface area contributed by atoms with Crippen molar-refractivity contribution in [3.05, 3.63) is 6.20 Å². The van der Waals surface area contributed by atoms with E-state index in [1.807, 2.05) is 6.92 Å². The highest BCUT2D eigenvalue weighted by Gasteiger charge is 1.94. The van der Waals surface area contributed by atoms with Gasteiger partial charge in [0, 0.05) is 12.5 Å². The Morgan fingerprint density at radius 3 is 3.20 bits per heavy atom. The third-order valence-corrected chi connectivity index (χ3v) is 0.946. The molecule has 0 aliphatic carbocycles. The van der Waals surface area contributed by atoms with Crippen LogP contribution >= 0.6 is 0 Å². The predicted octanol–water partition coefficient (Wildman–Crippen LogP) is 0.423. The van der Waals surface area contributed by atoms with Crippen molar-refractivity contribution in [2.24, 2.45) is 10.1 Å². The molecular formula is C6H9N3O. The van der Waals surface area contributed by atoms with Gasteiger partial charge in [-0.25, -0.2) is 10.0 Å². The Bertz CT molecular complexity index is 181. The Kier molecular flexibility index (Phi) is 2.67. The van der Waals surface area contributed by atoms with Gasteiger partial charge in [-0.15, -0.1) is 5.10 Å². The van der Waals surface area contributed by atoms with Crippen LogP contribution in [0.15, 0.2) is 16.3 Å². The minimum atomic E-state index is 0.445. The molecule has 4 nitrogen and oxygen atoms in total. The van der Waals surface area contributed by atoms with E-state index in [2.05, 4.69) is 16.0 Å². The van der Waals surface area contributed by atoms with E-state index < -0.39 is 0 Å². The zero-order valence-corrected chi connectivity index (χ0v) is 5.82. The minimum Gasteiger partial charge on any atom is -0.359 e. The lowest BCUT2D eigenvalue weighted by atomic mass is 10.8. The molecule has 0 amide bonds. The molecule has 0 aromatic rings. The molecule has 0 unspecified atom stereocenters. The summed E-state index contributed by atoms with van der Waals surface area (Å²) in [6.07, 6.45) is 3.09. The molecule has 4 heteroatoms. The Labute approximate surface area is 59.5 Å². The number of hydrogen-bond donors (Lipinski definition) is 0. The number of ether oxygens (including phenoxy) is 1.